The molecule has 0 spiro atoms. The molecule has 7 nitrogen and oxygen atoms in total. The van der Waals surface area contributed by atoms with Gasteiger partial charge in [-0.3, -0.25) is 14.4 Å². The number of benzene rings is 2. The molecule has 2 amide bonds. The Morgan fingerprint density at radius 1 is 1.12 bits per heavy atom. The van der Waals surface area contributed by atoms with Crippen LogP contribution in [0.5, 0.6) is 0 Å². The largest absolute Gasteiger partial charge is 0.466 e. The van der Waals surface area contributed by atoms with E-state index in [0.29, 0.717) is 36.6 Å². The monoisotopic (exact) mass is 459 g/mol. The smallest absolute Gasteiger partial charge is 0.310 e. The molecule has 2 aromatic carbocycles. The summed E-state index contributed by atoms with van der Waals surface area (Å²) in [5.74, 6) is -0.783. The van der Waals surface area contributed by atoms with Gasteiger partial charge in [-0.2, -0.15) is 0 Å². The molecule has 2 heterocycles. The molecule has 1 saturated heterocycles. The molecule has 34 heavy (non-hydrogen) atoms. The van der Waals surface area contributed by atoms with Gasteiger partial charge in [0.05, 0.1) is 29.3 Å². The zero-order chi connectivity index (χ0) is 24.2. The van der Waals surface area contributed by atoms with Crippen molar-refractivity contribution in [3.8, 4) is 11.3 Å². The van der Waals surface area contributed by atoms with Gasteiger partial charge >= 0.3 is 5.97 Å². The zero-order valence-corrected chi connectivity index (χ0v) is 19.8. The quantitative estimate of drug-likeness (QED) is 0.564. The van der Waals surface area contributed by atoms with E-state index in [-0.39, 0.29) is 23.7 Å². The molecule has 1 unspecified atom stereocenters. The van der Waals surface area contributed by atoms with E-state index in [0.717, 1.165) is 34.9 Å². The second-order valence-electron chi connectivity index (χ2n) is 8.68. The standard InChI is InChI=1S/C27H29N3O4/c1-4-34-27(33)20-6-5-13-30(16-20)26(32)23-15-25(29-24-12-7-17(2)14-22(23)24)19-8-10-21(11-9-19)28-18(3)31/h7-12,14-15,20H,4-6,13,16H2,1-3H3,(H,28,31). The third kappa shape index (κ3) is 5.09. The van der Waals surface area contributed by atoms with Crippen molar-refractivity contribution in [1.82, 2.24) is 9.88 Å². The molecule has 0 saturated carbocycles. The zero-order valence-electron chi connectivity index (χ0n) is 19.8. The van der Waals surface area contributed by atoms with Crippen LogP contribution in [-0.2, 0) is 14.3 Å². The fourth-order valence-electron chi connectivity index (χ4n) is 4.38. The van der Waals surface area contributed by atoms with Gasteiger partial charge in [0.2, 0.25) is 5.91 Å². The summed E-state index contributed by atoms with van der Waals surface area (Å²) in [5.41, 5.74) is 4.55. The number of pyridine rings is 1. The van der Waals surface area contributed by atoms with E-state index in [1.54, 1.807) is 11.8 Å². The molecule has 1 atom stereocenters. The number of aromatic nitrogens is 1. The fraction of sp³-hybridized carbons (Fsp3) is 0.333. The van der Waals surface area contributed by atoms with Crippen molar-refractivity contribution in [2.24, 2.45) is 5.92 Å². The van der Waals surface area contributed by atoms with E-state index in [1.165, 1.54) is 6.92 Å². The van der Waals surface area contributed by atoms with Gasteiger partial charge in [0.15, 0.2) is 0 Å². The van der Waals surface area contributed by atoms with Gasteiger partial charge in [-0.05, 0) is 57.0 Å². The first-order chi connectivity index (χ1) is 16.4. The van der Waals surface area contributed by atoms with Crippen molar-refractivity contribution < 1.29 is 19.1 Å². The summed E-state index contributed by atoms with van der Waals surface area (Å²) in [7, 11) is 0. The lowest BCUT2D eigenvalue weighted by Crippen LogP contribution is -2.42. The number of rotatable bonds is 5. The number of nitrogens with zero attached hydrogens (tertiary/aromatic N) is 2. The summed E-state index contributed by atoms with van der Waals surface area (Å²) >= 11 is 0. The molecular formula is C27H29N3O4. The van der Waals surface area contributed by atoms with Crippen LogP contribution in [0.4, 0.5) is 5.69 Å². The van der Waals surface area contributed by atoms with Crippen LogP contribution in [0, 0.1) is 12.8 Å². The second-order valence-corrected chi connectivity index (χ2v) is 8.68. The molecule has 3 aromatic rings. The Morgan fingerprint density at radius 3 is 2.59 bits per heavy atom. The summed E-state index contributed by atoms with van der Waals surface area (Å²) in [5, 5.41) is 3.55. The number of nitrogens with one attached hydrogen (secondary N) is 1. The lowest BCUT2D eigenvalue weighted by atomic mass is 9.96. The number of ether oxygens (including phenoxy) is 1. The van der Waals surface area contributed by atoms with E-state index in [4.69, 9.17) is 9.72 Å². The van der Waals surface area contributed by atoms with Crippen molar-refractivity contribution in [1.29, 1.82) is 0 Å². The molecule has 0 bridgehead atoms. The SMILES string of the molecule is CCOC(=O)C1CCCN(C(=O)c2cc(-c3ccc(NC(C)=O)cc3)nc3ccc(C)cc23)C1. The Bertz CT molecular complexity index is 1240. The third-order valence-electron chi connectivity index (χ3n) is 6.02. The number of fused-ring (bicyclic) bond motifs is 1. The Labute approximate surface area is 199 Å². The van der Waals surface area contributed by atoms with Gasteiger partial charge < -0.3 is 15.0 Å². The van der Waals surface area contributed by atoms with Crippen LogP contribution in [0.25, 0.3) is 22.2 Å². The lowest BCUT2D eigenvalue weighted by Gasteiger charge is -2.32. The number of aryl methyl sites for hydroxylation is 1. The number of anilines is 1. The second kappa shape index (κ2) is 10.0. The Kier molecular flexibility index (Phi) is 6.91. The van der Waals surface area contributed by atoms with Gasteiger partial charge in [-0.25, -0.2) is 4.98 Å². The van der Waals surface area contributed by atoms with E-state index >= 15 is 0 Å². The molecule has 0 radical (unpaired) electrons. The van der Waals surface area contributed by atoms with Gasteiger partial charge in [0.25, 0.3) is 5.91 Å². The van der Waals surface area contributed by atoms with Crippen LogP contribution >= 0.6 is 0 Å². The molecule has 176 valence electrons. The summed E-state index contributed by atoms with van der Waals surface area (Å²) in [6.07, 6.45) is 1.49. The highest BCUT2D eigenvalue weighted by atomic mass is 16.5. The molecule has 1 fully saturated rings. The van der Waals surface area contributed by atoms with Gasteiger partial charge in [0.1, 0.15) is 0 Å². The van der Waals surface area contributed by atoms with Crippen LogP contribution in [0.2, 0.25) is 0 Å². The third-order valence-corrected chi connectivity index (χ3v) is 6.02. The predicted octanol–water partition coefficient (Wildman–Crippen LogP) is 4.58. The summed E-state index contributed by atoms with van der Waals surface area (Å²) < 4.78 is 5.20. The molecule has 1 aliphatic heterocycles. The minimum Gasteiger partial charge on any atom is -0.466 e. The van der Waals surface area contributed by atoms with Crippen LogP contribution < -0.4 is 5.32 Å². The summed E-state index contributed by atoms with van der Waals surface area (Å²) in [4.78, 5) is 43.9. The van der Waals surface area contributed by atoms with Crippen LogP contribution in [0.3, 0.4) is 0 Å². The van der Waals surface area contributed by atoms with Crippen molar-refractivity contribution in [3.63, 3.8) is 0 Å². The first-order valence-corrected chi connectivity index (χ1v) is 11.6. The number of piperidine rings is 1. The Morgan fingerprint density at radius 2 is 1.88 bits per heavy atom. The molecule has 4 rings (SSSR count). The van der Waals surface area contributed by atoms with Crippen molar-refractivity contribution in [2.45, 2.75) is 33.6 Å². The topological polar surface area (TPSA) is 88.6 Å². The van der Waals surface area contributed by atoms with Crippen LogP contribution in [0.1, 0.15) is 42.6 Å². The lowest BCUT2D eigenvalue weighted by molar-refractivity contribution is -0.149. The predicted molar refractivity (Wildman–Crippen MR) is 131 cm³/mol. The van der Waals surface area contributed by atoms with Gasteiger partial charge in [-0.15, -0.1) is 0 Å². The van der Waals surface area contributed by atoms with E-state index in [2.05, 4.69) is 5.32 Å². The van der Waals surface area contributed by atoms with Gasteiger partial charge in [0, 0.05) is 36.7 Å². The Hall–Kier alpha value is -3.74. The first kappa shape index (κ1) is 23.4. The average Bonchev–Trinajstić information content (AvgIpc) is 2.83. The minimum absolute atomic E-state index is 0.108. The van der Waals surface area contributed by atoms with E-state index in [9.17, 15) is 14.4 Å². The minimum atomic E-state index is -0.298. The van der Waals surface area contributed by atoms with Crippen molar-refractivity contribution >= 4 is 34.4 Å². The number of carbonyl (C=O) groups is 3. The highest BCUT2D eigenvalue weighted by Gasteiger charge is 2.30. The van der Waals surface area contributed by atoms with E-state index in [1.807, 2.05) is 55.5 Å². The molecule has 1 N–H and O–H groups in total. The number of esters is 1. The van der Waals surface area contributed by atoms with E-state index < -0.39 is 0 Å². The number of carbonyl (C=O) groups excluding carboxylic acids is 3. The van der Waals surface area contributed by atoms with Crippen molar-refractivity contribution in [3.05, 3.63) is 59.7 Å². The maximum absolute atomic E-state index is 13.7. The summed E-state index contributed by atoms with van der Waals surface area (Å²) in [6.45, 7) is 6.53. The van der Waals surface area contributed by atoms with Crippen LogP contribution in [0.15, 0.2) is 48.5 Å². The van der Waals surface area contributed by atoms with Crippen molar-refractivity contribution in [2.75, 3.05) is 25.0 Å². The van der Waals surface area contributed by atoms with Gasteiger partial charge in [-0.1, -0.05) is 23.8 Å². The number of amides is 2. The molecule has 0 aliphatic carbocycles. The maximum atomic E-state index is 13.7. The van der Waals surface area contributed by atoms with Crippen LogP contribution in [-0.4, -0.2) is 47.4 Å². The highest BCUT2D eigenvalue weighted by Crippen LogP contribution is 2.29. The normalized spacial score (nSPS) is 15.7. The fourth-order valence-corrected chi connectivity index (χ4v) is 4.38. The summed E-state index contributed by atoms with van der Waals surface area (Å²) in [6, 6.07) is 15.1. The number of hydrogen-bond acceptors (Lipinski definition) is 5. The average molecular weight is 460 g/mol. The molecule has 1 aliphatic rings. The molecular weight excluding hydrogens is 430 g/mol. The number of hydrogen-bond donors (Lipinski definition) is 1. The Balaban J connectivity index is 1.71. The maximum Gasteiger partial charge on any atom is 0.310 e. The molecule has 7 heteroatoms. The molecule has 1 aromatic heterocycles. The number of likely N-dealkylation sites (tertiary alicyclic amines) is 1. The highest BCUT2D eigenvalue weighted by molar-refractivity contribution is 6.07. The first-order valence-electron chi connectivity index (χ1n) is 11.6.